The predicted octanol–water partition coefficient (Wildman–Crippen LogP) is 13.3. The standard InChI is InChI=1S/C57H36N4O.Pt/c1-36-29-56(58-34-47(36)37-15-4-3-5-16-37)61-54-31-40(62-39-18-14-17-38(30-39)60-35-59(2)52-25-12-13-26-53(52)60)27-28-44(54)46-32-45-43-21-8-11-24-50(43)57(51(45)33-55(46)61)48-22-9-6-19-41(48)42-20-7-10-23-49(42)57;/h3-29,32-34H,1-2H3;/q-2;/i1D3,2D3;. The minimum Gasteiger partial charge on any atom is -0.0622 e. The quantitative estimate of drug-likeness (QED) is 0.161. The van der Waals surface area contributed by atoms with Crippen molar-refractivity contribution in [2.24, 2.45) is 6.98 Å². The van der Waals surface area contributed by atoms with Gasteiger partial charge in [0.1, 0.15) is 0 Å². The molecule has 0 saturated carbocycles. The monoisotopic (exact) mass is 993 g/mol. The van der Waals surface area contributed by atoms with Crippen LogP contribution in [0.15, 0.2) is 182 Å². The van der Waals surface area contributed by atoms with Crippen LogP contribution >= 0.6 is 0 Å². The van der Waals surface area contributed by atoms with E-state index in [2.05, 4.69) is 116 Å². The van der Waals surface area contributed by atoms with E-state index in [0.717, 1.165) is 38.5 Å². The molecule has 0 N–H and O–H groups in total. The molecular weight excluding hydrogens is 952 g/mol. The van der Waals surface area contributed by atoms with Gasteiger partial charge in [-0.3, -0.25) is 0 Å². The van der Waals surface area contributed by atoms with Gasteiger partial charge in [-0.15, -0.1) is 0 Å². The van der Waals surface area contributed by atoms with Crippen LogP contribution in [0.2, 0.25) is 0 Å². The summed E-state index contributed by atoms with van der Waals surface area (Å²) in [7, 11) is 0. The summed E-state index contributed by atoms with van der Waals surface area (Å²) < 4.78 is 63.7. The summed E-state index contributed by atoms with van der Waals surface area (Å²) >= 11 is 2.05. The Morgan fingerprint density at radius 2 is 1.22 bits per heavy atom. The average Bonchev–Trinajstić information content (AvgIpc) is 4.04. The fourth-order valence-electron chi connectivity index (χ4n) is 10.3. The Hall–Kier alpha value is -7.33. The van der Waals surface area contributed by atoms with Gasteiger partial charge < -0.3 is 0 Å². The van der Waals surface area contributed by atoms with Gasteiger partial charge in [-0.1, -0.05) is 103 Å². The summed E-state index contributed by atoms with van der Waals surface area (Å²) in [6, 6.07) is 65.7. The second-order valence-electron chi connectivity index (χ2n) is 16.1. The number of rotatable bonds is 5. The fourth-order valence-corrected chi connectivity index (χ4v) is 11.1. The number of benzene rings is 8. The van der Waals surface area contributed by atoms with E-state index < -0.39 is 19.2 Å². The molecule has 2 aliphatic carbocycles. The number of pyridine rings is 1. The van der Waals surface area contributed by atoms with Crippen molar-refractivity contribution in [1.82, 2.24) is 18.7 Å². The first-order valence-electron chi connectivity index (χ1n) is 23.7. The molecule has 302 valence electrons. The Balaban J connectivity index is 1.05. The molecule has 3 heterocycles. The molecule has 0 unspecified atom stereocenters. The molecule has 1 spiro atoms. The molecule has 5 nitrogen and oxygen atoms in total. The zero-order chi connectivity index (χ0) is 47.0. The minimum absolute atomic E-state index is 0.184. The Labute approximate surface area is 383 Å². The normalized spacial score (nSPS) is 15.0. The van der Waals surface area contributed by atoms with Gasteiger partial charge in [0.05, 0.1) is 5.41 Å². The number of aryl methyl sites for hydroxylation is 2. The van der Waals surface area contributed by atoms with Crippen LogP contribution in [0, 0.1) is 22.8 Å². The van der Waals surface area contributed by atoms with Gasteiger partial charge in [0.15, 0.2) is 0 Å². The number of nitrogens with zero attached hydrogens (tertiary/aromatic N) is 4. The molecule has 0 fully saturated rings. The van der Waals surface area contributed by atoms with Crippen molar-refractivity contribution in [1.29, 1.82) is 0 Å². The first-order chi connectivity index (χ1) is 33.4. The van der Waals surface area contributed by atoms with Crippen molar-refractivity contribution in [3.8, 4) is 56.4 Å². The summed E-state index contributed by atoms with van der Waals surface area (Å²) in [4.78, 5) is 5.08. The average molecular weight is 994 g/mol. The Morgan fingerprint density at radius 1 is 0.556 bits per heavy atom. The third-order valence-electron chi connectivity index (χ3n) is 12.9. The van der Waals surface area contributed by atoms with Gasteiger partial charge in [0.2, 0.25) is 0 Å². The number of ether oxygens (including phenoxy) is 1. The van der Waals surface area contributed by atoms with Crippen molar-refractivity contribution >= 4 is 32.8 Å². The third-order valence-corrected chi connectivity index (χ3v) is 13.9. The van der Waals surface area contributed by atoms with Crippen LogP contribution in [-0.4, -0.2) is 18.7 Å². The van der Waals surface area contributed by atoms with E-state index in [1.54, 1.807) is 24.4 Å². The first kappa shape index (κ1) is 30.7. The van der Waals surface area contributed by atoms with Crippen LogP contribution in [0.1, 0.15) is 36.0 Å². The summed E-state index contributed by atoms with van der Waals surface area (Å²) in [5, 5.41) is 1.84. The number of fused-ring (bicyclic) bond motifs is 14. The van der Waals surface area contributed by atoms with Gasteiger partial charge >= 0.3 is 198 Å². The molecule has 8 aromatic carbocycles. The van der Waals surface area contributed by atoms with Gasteiger partial charge in [-0.25, -0.2) is 0 Å². The van der Waals surface area contributed by atoms with E-state index in [1.165, 1.54) is 32.4 Å². The zero-order valence-corrected chi connectivity index (χ0v) is 35.6. The molecule has 0 saturated heterocycles. The van der Waals surface area contributed by atoms with Crippen LogP contribution in [0.4, 0.5) is 0 Å². The first-order valence-corrected chi connectivity index (χ1v) is 21.8. The molecule has 0 amide bonds. The van der Waals surface area contributed by atoms with Gasteiger partial charge in [0.25, 0.3) is 0 Å². The molecule has 0 aliphatic heterocycles. The SMILES string of the molecule is [2H]C([2H])([2H])c1cc(-n2c3[c-]c(Oc4[c-]c(-n5[c](=[Pt])n(C([2H])([2H])[2H])c6ccccc65)ccc4)ccc3c3cc4c(cc32)C2(c3ccccc3-c3ccccc32)c2ccccc2-4)ncc1-c1ccccc1. The molecule has 11 aromatic rings. The summed E-state index contributed by atoms with van der Waals surface area (Å²) in [6.45, 7) is -4.87. The Bertz CT molecular complexity index is 3970. The van der Waals surface area contributed by atoms with E-state index in [1.807, 2.05) is 81.9 Å². The summed E-state index contributed by atoms with van der Waals surface area (Å²) in [5.74, 6) is 1.22. The van der Waals surface area contributed by atoms with Crippen molar-refractivity contribution in [2.75, 3.05) is 0 Å². The number of imidazole rings is 1. The number of hydrogen-bond acceptors (Lipinski definition) is 2. The smallest absolute Gasteiger partial charge is 0.0622 e. The minimum atomic E-state index is -2.46. The van der Waals surface area contributed by atoms with E-state index in [9.17, 15) is 0 Å². The van der Waals surface area contributed by atoms with E-state index in [-0.39, 0.29) is 5.56 Å². The van der Waals surface area contributed by atoms with Gasteiger partial charge in [-0.05, 0) is 62.5 Å². The molecule has 6 heteroatoms. The van der Waals surface area contributed by atoms with Crippen molar-refractivity contribution in [3.05, 3.63) is 226 Å². The summed E-state index contributed by atoms with van der Waals surface area (Å²) in [6.07, 6.45) is 1.67. The van der Waals surface area contributed by atoms with Crippen LogP contribution < -0.4 is 4.74 Å². The fraction of sp³-hybridized carbons (Fsp3) is 0.0526. The maximum atomic E-state index is 8.79. The molecule has 0 bridgehead atoms. The molecule has 3 aromatic heterocycles. The van der Waals surface area contributed by atoms with Crippen molar-refractivity contribution < 1.29 is 32.3 Å². The van der Waals surface area contributed by atoms with Crippen molar-refractivity contribution in [3.63, 3.8) is 0 Å². The van der Waals surface area contributed by atoms with E-state index in [4.69, 9.17) is 17.9 Å². The van der Waals surface area contributed by atoms with Crippen LogP contribution in [0.3, 0.4) is 0 Å². The molecule has 2 aliphatic rings. The van der Waals surface area contributed by atoms with Crippen LogP contribution in [-0.2, 0) is 31.7 Å². The molecule has 0 radical (unpaired) electrons. The maximum absolute atomic E-state index is 8.79. The van der Waals surface area contributed by atoms with Gasteiger partial charge in [0, 0.05) is 15.9 Å². The number of hydrogen-bond donors (Lipinski definition) is 0. The molecular formula is C57H36N4OPt-2. The molecule has 0 atom stereocenters. The van der Waals surface area contributed by atoms with Crippen LogP contribution in [0.5, 0.6) is 11.5 Å². The van der Waals surface area contributed by atoms with Crippen LogP contribution in [0.25, 0.3) is 77.7 Å². The van der Waals surface area contributed by atoms with E-state index >= 15 is 0 Å². The van der Waals surface area contributed by atoms with E-state index in [0.29, 0.717) is 48.9 Å². The molecule has 13 rings (SSSR count). The second kappa shape index (κ2) is 13.6. The zero-order valence-electron chi connectivity index (χ0n) is 39.3. The van der Waals surface area contributed by atoms with Crippen molar-refractivity contribution in [2.45, 2.75) is 12.3 Å². The number of para-hydroxylation sites is 2. The molecule has 63 heavy (non-hydrogen) atoms. The topological polar surface area (TPSA) is 36.9 Å². The van der Waals surface area contributed by atoms with Gasteiger partial charge in [-0.2, -0.15) is 0 Å². The predicted molar refractivity (Wildman–Crippen MR) is 248 cm³/mol. The Morgan fingerprint density at radius 3 is 1.95 bits per heavy atom. The number of aromatic nitrogens is 4. The summed E-state index contributed by atoms with van der Waals surface area (Å²) in [5.41, 5.74) is 13.7. The Kier molecular flexibility index (Phi) is 6.61. The second-order valence-corrected chi connectivity index (χ2v) is 17.1. The third kappa shape index (κ3) is 5.09.